The third-order valence-corrected chi connectivity index (χ3v) is 4.99. The number of phenolic OH excluding ortho intramolecular Hbond substituents is 1. The molecule has 1 saturated heterocycles. The third-order valence-electron chi connectivity index (χ3n) is 4.99. The van der Waals surface area contributed by atoms with Crippen LogP contribution < -0.4 is 4.74 Å². The molecule has 2 aliphatic carbocycles. The second kappa shape index (κ2) is 4.94. The first-order valence-corrected chi connectivity index (χ1v) is 7.57. The standard InChI is InChI=1S/C17H16N2O4/c1-23-12-4-5-13(20)11(7-12)8-18-19-16(21)14-9-2-3-10(6-9)15(14)17(19)22/h2-5,7-10,14-15,20H,6H2,1H3/b18-8-/t9-,10-,14-,15-/m0/s1. The first-order chi connectivity index (χ1) is 11.1. The van der Waals surface area contributed by atoms with Crippen molar-refractivity contribution in [3.05, 3.63) is 35.9 Å². The van der Waals surface area contributed by atoms with Crippen LogP contribution in [0.25, 0.3) is 0 Å². The Morgan fingerprint density at radius 2 is 1.87 bits per heavy atom. The first kappa shape index (κ1) is 14.0. The predicted octanol–water partition coefficient (Wildman–Crippen LogP) is 1.54. The molecule has 118 valence electrons. The number of hydrazone groups is 1. The van der Waals surface area contributed by atoms with E-state index in [1.54, 1.807) is 12.1 Å². The van der Waals surface area contributed by atoms with E-state index in [2.05, 4.69) is 5.10 Å². The number of hydrogen-bond acceptors (Lipinski definition) is 5. The van der Waals surface area contributed by atoms with Crippen molar-refractivity contribution in [3.63, 3.8) is 0 Å². The number of nitrogens with zero attached hydrogens (tertiary/aromatic N) is 2. The van der Waals surface area contributed by atoms with Gasteiger partial charge in [-0.3, -0.25) is 9.59 Å². The summed E-state index contributed by atoms with van der Waals surface area (Å²) in [5.41, 5.74) is 0.392. The normalized spacial score (nSPS) is 31.4. The molecule has 2 bridgehead atoms. The molecule has 1 aromatic carbocycles. The molecule has 1 saturated carbocycles. The van der Waals surface area contributed by atoms with E-state index >= 15 is 0 Å². The summed E-state index contributed by atoms with van der Waals surface area (Å²) in [7, 11) is 1.52. The molecule has 3 aliphatic rings. The molecule has 4 rings (SSSR count). The Morgan fingerprint density at radius 3 is 2.48 bits per heavy atom. The minimum atomic E-state index is -0.270. The van der Waals surface area contributed by atoms with Crippen molar-refractivity contribution in [2.75, 3.05) is 7.11 Å². The highest BCUT2D eigenvalue weighted by Gasteiger charge is 2.59. The summed E-state index contributed by atoms with van der Waals surface area (Å²) in [6.07, 6.45) is 6.29. The zero-order chi connectivity index (χ0) is 16.1. The molecule has 2 amide bonds. The number of rotatable bonds is 3. The third kappa shape index (κ3) is 1.98. The highest BCUT2D eigenvalue weighted by Crippen LogP contribution is 2.52. The van der Waals surface area contributed by atoms with Crippen LogP contribution in [0.4, 0.5) is 0 Å². The summed E-state index contributed by atoms with van der Waals surface area (Å²) in [5, 5.41) is 14.8. The predicted molar refractivity (Wildman–Crippen MR) is 81.8 cm³/mol. The van der Waals surface area contributed by atoms with Gasteiger partial charge in [-0.15, -0.1) is 0 Å². The number of carbonyl (C=O) groups is 2. The lowest BCUT2D eigenvalue weighted by molar-refractivity contribution is -0.140. The Morgan fingerprint density at radius 1 is 1.22 bits per heavy atom. The molecule has 0 radical (unpaired) electrons. The lowest BCUT2D eigenvalue weighted by atomic mass is 9.85. The fraction of sp³-hybridized carbons (Fsp3) is 0.353. The van der Waals surface area contributed by atoms with Gasteiger partial charge in [0.15, 0.2) is 0 Å². The first-order valence-electron chi connectivity index (χ1n) is 7.57. The number of amides is 2. The lowest BCUT2D eigenvalue weighted by Gasteiger charge is -2.13. The summed E-state index contributed by atoms with van der Waals surface area (Å²) < 4.78 is 5.09. The zero-order valence-corrected chi connectivity index (χ0v) is 12.5. The molecule has 4 atom stereocenters. The maximum absolute atomic E-state index is 12.5. The van der Waals surface area contributed by atoms with Gasteiger partial charge in [-0.2, -0.15) is 10.1 Å². The summed E-state index contributed by atoms with van der Waals surface area (Å²) in [5.74, 6) is -0.134. The molecule has 23 heavy (non-hydrogen) atoms. The van der Waals surface area contributed by atoms with E-state index in [9.17, 15) is 14.7 Å². The van der Waals surface area contributed by atoms with Gasteiger partial charge < -0.3 is 9.84 Å². The van der Waals surface area contributed by atoms with Gasteiger partial charge in [0.05, 0.1) is 25.2 Å². The van der Waals surface area contributed by atoms with Crippen LogP contribution in [0.2, 0.25) is 0 Å². The minimum absolute atomic E-state index is 0.00979. The summed E-state index contributed by atoms with van der Waals surface area (Å²) in [6.45, 7) is 0. The molecule has 0 unspecified atom stereocenters. The minimum Gasteiger partial charge on any atom is -0.507 e. The molecule has 1 aromatic rings. The topological polar surface area (TPSA) is 79.2 Å². The number of methoxy groups -OCH3 is 1. The van der Waals surface area contributed by atoms with Crippen LogP contribution in [0.15, 0.2) is 35.5 Å². The van der Waals surface area contributed by atoms with Gasteiger partial charge >= 0.3 is 0 Å². The second-order valence-electron chi connectivity index (χ2n) is 6.16. The van der Waals surface area contributed by atoms with Crippen LogP contribution in [0.1, 0.15) is 12.0 Å². The Bertz CT molecular complexity index is 725. The Labute approximate surface area is 133 Å². The van der Waals surface area contributed by atoms with Crippen molar-refractivity contribution in [1.82, 2.24) is 5.01 Å². The van der Waals surface area contributed by atoms with Crippen molar-refractivity contribution < 1.29 is 19.4 Å². The summed E-state index contributed by atoms with van der Waals surface area (Å²) in [6, 6.07) is 4.69. The van der Waals surface area contributed by atoms with E-state index < -0.39 is 0 Å². The maximum Gasteiger partial charge on any atom is 0.254 e. The molecular formula is C17H16N2O4. The number of imide groups is 1. The lowest BCUT2D eigenvalue weighted by Crippen LogP contribution is -2.28. The fourth-order valence-electron chi connectivity index (χ4n) is 3.88. The number of aromatic hydroxyl groups is 1. The summed E-state index contributed by atoms with van der Waals surface area (Å²) >= 11 is 0. The van der Waals surface area contributed by atoms with Crippen LogP contribution in [0.5, 0.6) is 11.5 Å². The van der Waals surface area contributed by atoms with Crippen LogP contribution in [-0.4, -0.2) is 35.3 Å². The molecule has 1 N–H and O–H groups in total. The molecule has 1 aliphatic heterocycles. The quantitative estimate of drug-likeness (QED) is 0.522. The fourth-order valence-corrected chi connectivity index (χ4v) is 3.88. The van der Waals surface area contributed by atoms with Gasteiger partial charge in [0, 0.05) is 5.56 Å². The van der Waals surface area contributed by atoms with E-state index in [0.717, 1.165) is 11.4 Å². The van der Waals surface area contributed by atoms with Crippen LogP contribution in [0.3, 0.4) is 0 Å². The molecular weight excluding hydrogens is 296 g/mol. The Kier molecular flexibility index (Phi) is 3.01. The number of phenols is 1. The number of ether oxygens (including phenoxy) is 1. The average Bonchev–Trinajstić information content (AvgIpc) is 3.22. The summed E-state index contributed by atoms with van der Waals surface area (Å²) in [4.78, 5) is 25.0. The van der Waals surface area contributed by atoms with E-state index in [-0.39, 0.29) is 41.2 Å². The molecule has 2 fully saturated rings. The average molecular weight is 312 g/mol. The van der Waals surface area contributed by atoms with Gasteiger partial charge in [0.25, 0.3) is 11.8 Å². The molecule has 1 heterocycles. The van der Waals surface area contributed by atoms with Gasteiger partial charge in [-0.05, 0) is 36.5 Å². The molecule has 6 nitrogen and oxygen atoms in total. The molecule has 0 spiro atoms. The van der Waals surface area contributed by atoms with Crippen LogP contribution >= 0.6 is 0 Å². The molecule has 6 heteroatoms. The van der Waals surface area contributed by atoms with Gasteiger partial charge in [-0.1, -0.05) is 12.2 Å². The van der Waals surface area contributed by atoms with E-state index in [1.165, 1.54) is 19.4 Å². The number of benzene rings is 1. The maximum atomic E-state index is 12.5. The number of allylic oxidation sites excluding steroid dienone is 2. The second-order valence-corrected chi connectivity index (χ2v) is 6.16. The van der Waals surface area contributed by atoms with Crippen molar-refractivity contribution in [1.29, 1.82) is 0 Å². The van der Waals surface area contributed by atoms with Crippen LogP contribution in [0, 0.1) is 23.7 Å². The number of carbonyl (C=O) groups excluding carboxylic acids is 2. The van der Waals surface area contributed by atoms with Crippen LogP contribution in [-0.2, 0) is 9.59 Å². The Balaban J connectivity index is 1.60. The highest BCUT2D eigenvalue weighted by molar-refractivity contribution is 6.06. The van der Waals surface area contributed by atoms with Gasteiger partial charge in [-0.25, -0.2) is 0 Å². The van der Waals surface area contributed by atoms with Crippen molar-refractivity contribution in [3.8, 4) is 11.5 Å². The zero-order valence-electron chi connectivity index (χ0n) is 12.5. The van der Waals surface area contributed by atoms with Gasteiger partial charge in [0.1, 0.15) is 11.5 Å². The van der Waals surface area contributed by atoms with Crippen molar-refractivity contribution in [2.45, 2.75) is 6.42 Å². The highest BCUT2D eigenvalue weighted by atomic mass is 16.5. The number of hydrogen-bond donors (Lipinski definition) is 1. The van der Waals surface area contributed by atoms with E-state index in [4.69, 9.17) is 4.74 Å². The van der Waals surface area contributed by atoms with E-state index in [0.29, 0.717) is 11.3 Å². The van der Waals surface area contributed by atoms with Gasteiger partial charge in [0.2, 0.25) is 0 Å². The number of fused-ring (bicyclic) bond motifs is 5. The monoisotopic (exact) mass is 312 g/mol. The SMILES string of the molecule is COc1ccc(O)c(/C=N\N2C(=O)[C@@H]3[C@@H](C2=O)[C@H]2C=C[C@H]3C2)c1. The van der Waals surface area contributed by atoms with Crippen molar-refractivity contribution in [2.24, 2.45) is 28.8 Å². The largest absolute Gasteiger partial charge is 0.507 e. The smallest absolute Gasteiger partial charge is 0.254 e. The van der Waals surface area contributed by atoms with Crippen molar-refractivity contribution >= 4 is 18.0 Å². The Hall–Kier alpha value is -2.63. The molecule has 0 aromatic heterocycles. The van der Waals surface area contributed by atoms with E-state index in [1.807, 2.05) is 12.2 Å².